The molecule has 0 radical (unpaired) electrons. The Morgan fingerprint density at radius 2 is 2.19 bits per heavy atom. The fourth-order valence-corrected chi connectivity index (χ4v) is 1.54. The zero-order valence-electron chi connectivity index (χ0n) is 9.52. The smallest absolute Gasteiger partial charge is 0.122 e. The molecule has 3 heteroatoms. The lowest BCUT2D eigenvalue weighted by Gasteiger charge is -2.11. The molecule has 3 nitrogen and oxygen atoms in total. The Kier molecular flexibility index (Phi) is 5.38. The Balaban J connectivity index is 2.56. The summed E-state index contributed by atoms with van der Waals surface area (Å²) in [7, 11) is 0. The van der Waals surface area contributed by atoms with Gasteiger partial charge in [-0.2, -0.15) is 5.26 Å². The number of benzene rings is 1. The van der Waals surface area contributed by atoms with Gasteiger partial charge in [0.2, 0.25) is 0 Å². The number of para-hydroxylation sites is 1. The highest BCUT2D eigenvalue weighted by Crippen LogP contribution is 2.20. The van der Waals surface area contributed by atoms with E-state index >= 15 is 0 Å². The maximum atomic E-state index is 9.47. The van der Waals surface area contributed by atoms with Crippen LogP contribution >= 0.6 is 0 Å². The third-order valence-corrected chi connectivity index (χ3v) is 2.35. The van der Waals surface area contributed by atoms with Crippen LogP contribution in [0.25, 0.3) is 0 Å². The van der Waals surface area contributed by atoms with E-state index in [1.165, 1.54) is 0 Å². The van der Waals surface area contributed by atoms with Gasteiger partial charge in [0.05, 0.1) is 25.2 Å². The van der Waals surface area contributed by atoms with Crippen molar-refractivity contribution < 1.29 is 9.84 Å². The van der Waals surface area contributed by atoms with Crippen molar-refractivity contribution in [2.45, 2.75) is 32.3 Å². The van der Waals surface area contributed by atoms with Crippen molar-refractivity contribution in [2.24, 2.45) is 0 Å². The molecule has 16 heavy (non-hydrogen) atoms. The van der Waals surface area contributed by atoms with E-state index in [2.05, 4.69) is 0 Å². The van der Waals surface area contributed by atoms with Crippen molar-refractivity contribution in [3.05, 3.63) is 29.8 Å². The summed E-state index contributed by atoms with van der Waals surface area (Å²) in [4.78, 5) is 0. The van der Waals surface area contributed by atoms with Gasteiger partial charge in [-0.05, 0) is 31.4 Å². The molecule has 86 valence electrons. The summed E-state index contributed by atoms with van der Waals surface area (Å²) >= 11 is 0. The standard InChI is InChI=1S/C13H17NO2/c1-2-16-13-6-4-3-5-11(13)7-8-12(15)9-10-14/h3-6,12,15H,2,7-9H2,1H3. The predicted octanol–water partition coefficient (Wildman–Crippen LogP) is 2.29. The molecule has 0 aromatic heterocycles. The number of hydrogen-bond donors (Lipinski definition) is 1. The summed E-state index contributed by atoms with van der Waals surface area (Å²) < 4.78 is 5.48. The van der Waals surface area contributed by atoms with Crippen LogP contribution in [0.15, 0.2) is 24.3 Å². The Bertz CT molecular complexity index is 357. The number of aliphatic hydroxyl groups is 1. The average Bonchev–Trinajstić information content (AvgIpc) is 2.29. The normalized spacial score (nSPS) is 11.8. The second-order valence-corrected chi connectivity index (χ2v) is 3.60. The molecule has 0 spiro atoms. The number of aryl methyl sites for hydroxylation is 1. The van der Waals surface area contributed by atoms with E-state index in [1.807, 2.05) is 37.3 Å². The summed E-state index contributed by atoms with van der Waals surface area (Å²) in [5.74, 6) is 0.870. The highest BCUT2D eigenvalue weighted by molar-refractivity contribution is 5.33. The van der Waals surface area contributed by atoms with E-state index < -0.39 is 6.10 Å². The number of nitrogens with zero attached hydrogens (tertiary/aromatic N) is 1. The quantitative estimate of drug-likeness (QED) is 0.798. The molecule has 0 saturated carbocycles. The largest absolute Gasteiger partial charge is 0.494 e. The highest BCUT2D eigenvalue weighted by atomic mass is 16.5. The Morgan fingerprint density at radius 1 is 1.44 bits per heavy atom. The number of rotatable bonds is 6. The van der Waals surface area contributed by atoms with Crippen molar-refractivity contribution in [1.29, 1.82) is 5.26 Å². The summed E-state index contributed by atoms with van der Waals surface area (Å²) in [5, 5.41) is 17.9. The average molecular weight is 219 g/mol. The van der Waals surface area contributed by atoms with Crippen molar-refractivity contribution in [3.63, 3.8) is 0 Å². The van der Waals surface area contributed by atoms with Crippen LogP contribution < -0.4 is 4.74 Å². The number of ether oxygens (including phenoxy) is 1. The minimum atomic E-state index is -0.542. The molecule has 0 amide bonds. The summed E-state index contributed by atoms with van der Waals surface area (Å²) in [6.45, 7) is 2.58. The Hall–Kier alpha value is -1.53. The van der Waals surface area contributed by atoms with Crippen LogP contribution in [0.3, 0.4) is 0 Å². The van der Waals surface area contributed by atoms with E-state index in [0.29, 0.717) is 13.0 Å². The first-order chi connectivity index (χ1) is 7.77. The molecule has 1 atom stereocenters. The second kappa shape index (κ2) is 6.86. The molecule has 0 heterocycles. The number of aliphatic hydroxyl groups excluding tert-OH is 1. The fourth-order valence-electron chi connectivity index (χ4n) is 1.54. The van der Waals surface area contributed by atoms with Crippen molar-refractivity contribution in [2.75, 3.05) is 6.61 Å². The topological polar surface area (TPSA) is 53.2 Å². The van der Waals surface area contributed by atoms with Gasteiger partial charge in [-0.3, -0.25) is 0 Å². The summed E-state index contributed by atoms with van der Waals surface area (Å²) in [6.07, 6.45) is 0.979. The van der Waals surface area contributed by atoms with E-state index in [1.54, 1.807) is 0 Å². The Morgan fingerprint density at radius 3 is 2.88 bits per heavy atom. The van der Waals surface area contributed by atoms with Gasteiger partial charge in [0.15, 0.2) is 0 Å². The molecule has 1 N–H and O–H groups in total. The van der Waals surface area contributed by atoms with E-state index in [4.69, 9.17) is 10.00 Å². The molecule has 0 fully saturated rings. The van der Waals surface area contributed by atoms with Gasteiger partial charge in [-0.25, -0.2) is 0 Å². The molecule has 1 rings (SSSR count). The van der Waals surface area contributed by atoms with E-state index in [-0.39, 0.29) is 6.42 Å². The van der Waals surface area contributed by atoms with Crippen LogP contribution in [0.2, 0.25) is 0 Å². The third kappa shape index (κ3) is 3.92. The van der Waals surface area contributed by atoms with E-state index in [0.717, 1.165) is 17.7 Å². The summed E-state index contributed by atoms with van der Waals surface area (Å²) in [6, 6.07) is 9.76. The van der Waals surface area contributed by atoms with Gasteiger partial charge in [0, 0.05) is 0 Å². The van der Waals surface area contributed by atoms with Gasteiger partial charge in [-0.1, -0.05) is 18.2 Å². The van der Waals surface area contributed by atoms with Crippen LogP contribution in [0.5, 0.6) is 5.75 Å². The zero-order chi connectivity index (χ0) is 11.8. The minimum Gasteiger partial charge on any atom is -0.494 e. The third-order valence-electron chi connectivity index (χ3n) is 2.35. The minimum absolute atomic E-state index is 0.191. The van der Waals surface area contributed by atoms with Crippen molar-refractivity contribution >= 4 is 0 Å². The molecular formula is C13H17NO2. The molecule has 0 aliphatic heterocycles. The lowest BCUT2D eigenvalue weighted by atomic mass is 10.0. The van der Waals surface area contributed by atoms with Crippen molar-refractivity contribution in [1.82, 2.24) is 0 Å². The van der Waals surface area contributed by atoms with Crippen LogP contribution in [0.1, 0.15) is 25.3 Å². The first kappa shape index (κ1) is 12.5. The van der Waals surface area contributed by atoms with Gasteiger partial charge in [0.1, 0.15) is 5.75 Å². The lowest BCUT2D eigenvalue weighted by Crippen LogP contribution is -2.07. The van der Waals surface area contributed by atoms with Gasteiger partial charge in [-0.15, -0.1) is 0 Å². The molecule has 1 aromatic rings. The highest BCUT2D eigenvalue weighted by Gasteiger charge is 2.07. The lowest BCUT2D eigenvalue weighted by molar-refractivity contribution is 0.169. The predicted molar refractivity (Wildman–Crippen MR) is 62.2 cm³/mol. The van der Waals surface area contributed by atoms with Gasteiger partial charge >= 0.3 is 0 Å². The second-order valence-electron chi connectivity index (χ2n) is 3.60. The first-order valence-corrected chi connectivity index (χ1v) is 5.53. The molecule has 0 aliphatic rings. The maximum Gasteiger partial charge on any atom is 0.122 e. The van der Waals surface area contributed by atoms with Crippen LogP contribution in [-0.4, -0.2) is 17.8 Å². The fraction of sp³-hybridized carbons (Fsp3) is 0.462. The van der Waals surface area contributed by atoms with Crippen molar-refractivity contribution in [3.8, 4) is 11.8 Å². The Labute approximate surface area is 96.3 Å². The van der Waals surface area contributed by atoms with Crippen LogP contribution in [0, 0.1) is 11.3 Å². The van der Waals surface area contributed by atoms with E-state index in [9.17, 15) is 5.11 Å². The SMILES string of the molecule is CCOc1ccccc1CCC(O)CC#N. The molecule has 0 aliphatic carbocycles. The zero-order valence-corrected chi connectivity index (χ0v) is 9.52. The number of nitriles is 1. The molecule has 0 saturated heterocycles. The first-order valence-electron chi connectivity index (χ1n) is 5.53. The molecular weight excluding hydrogens is 202 g/mol. The summed E-state index contributed by atoms with van der Waals surface area (Å²) in [5.41, 5.74) is 1.08. The molecule has 1 aromatic carbocycles. The van der Waals surface area contributed by atoms with Crippen LogP contribution in [0.4, 0.5) is 0 Å². The van der Waals surface area contributed by atoms with Crippen LogP contribution in [-0.2, 0) is 6.42 Å². The number of hydrogen-bond acceptors (Lipinski definition) is 3. The monoisotopic (exact) mass is 219 g/mol. The maximum absolute atomic E-state index is 9.47. The molecule has 1 unspecified atom stereocenters. The van der Waals surface area contributed by atoms with Gasteiger partial charge < -0.3 is 9.84 Å². The van der Waals surface area contributed by atoms with Gasteiger partial charge in [0.25, 0.3) is 0 Å². The molecule has 0 bridgehead atoms.